The van der Waals surface area contributed by atoms with Gasteiger partial charge in [-0.3, -0.25) is 4.90 Å². The largest absolute Gasteiger partial charge is 0.508 e. The van der Waals surface area contributed by atoms with Gasteiger partial charge in [-0.05, 0) is 104 Å². The molecular formula is C31H38N2O3. The minimum atomic E-state index is 0.363. The summed E-state index contributed by atoms with van der Waals surface area (Å²) in [4.78, 5) is 4.87. The van der Waals surface area contributed by atoms with Crippen molar-refractivity contribution in [2.24, 2.45) is 0 Å². The van der Waals surface area contributed by atoms with Gasteiger partial charge in [-0.1, -0.05) is 24.3 Å². The Balaban J connectivity index is 1.31. The summed E-state index contributed by atoms with van der Waals surface area (Å²) in [5.74, 6) is 2.64. The van der Waals surface area contributed by atoms with Crippen molar-refractivity contribution in [3.05, 3.63) is 82.9 Å². The summed E-state index contributed by atoms with van der Waals surface area (Å²) >= 11 is 0. The van der Waals surface area contributed by atoms with E-state index in [2.05, 4.69) is 65.3 Å². The number of phenolic OH excluding ortho intramolecular Hbond substituents is 1. The van der Waals surface area contributed by atoms with Crippen molar-refractivity contribution < 1.29 is 14.6 Å². The Kier molecular flexibility index (Phi) is 7.66. The van der Waals surface area contributed by atoms with Crippen molar-refractivity contribution in [3.63, 3.8) is 0 Å². The van der Waals surface area contributed by atoms with Crippen LogP contribution in [0.4, 0.5) is 5.69 Å². The Hall–Kier alpha value is -3.18. The molecule has 0 unspecified atom stereocenters. The average molecular weight is 487 g/mol. The van der Waals surface area contributed by atoms with Gasteiger partial charge in [0, 0.05) is 31.4 Å². The Morgan fingerprint density at radius 1 is 0.972 bits per heavy atom. The van der Waals surface area contributed by atoms with Gasteiger partial charge in [-0.15, -0.1) is 0 Å². The third kappa shape index (κ3) is 5.62. The molecule has 0 spiro atoms. The average Bonchev–Trinajstić information content (AvgIpc) is 2.89. The van der Waals surface area contributed by atoms with Crippen molar-refractivity contribution in [3.8, 4) is 17.2 Å². The molecule has 1 fully saturated rings. The smallest absolute Gasteiger partial charge is 0.120 e. The number of methoxy groups -OCH3 is 1. The van der Waals surface area contributed by atoms with Gasteiger partial charge < -0.3 is 19.5 Å². The van der Waals surface area contributed by atoms with Gasteiger partial charge >= 0.3 is 0 Å². The molecule has 1 heterocycles. The lowest BCUT2D eigenvalue weighted by molar-refractivity contribution is 0.147. The maximum absolute atomic E-state index is 9.88. The van der Waals surface area contributed by atoms with Gasteiger partial charge in [0.15, 0.2) is 0 Å². The lowest BCUT2D eigenvalue weighted by atomic mass is 9.79. The van der Waals surface area contributed by atoms with Crippen LogP contribution in [-0.2, 0) is 19.4 Å². The van der Waals surface area contributed by atoms with E-state index in [0.717, 1.165) is 57.0 Å². The molecule has 1 saturated heterocycles. The molecule has 5 nitrogen and oxygen atoms in total. The predicted molar refractivity (Wildman–Crippen MR) is 146 cm³/mol. The van der Waals surface area contributed by atoms with Crippen LogP contribution in [0.2, 0.25) is 0 Å². The van der Waals surface area contributed by atoms with E-state index in [0.29, 0.717) is 11.7 Å². The summed E-state index contributed by atoms with van der Waals surface area (Å²) in [6, 6.07) is 20.9. The molecule has 190 valence electrons. The molecule has 1 atom stereocenters. The Morgan fingerprint density at radius 2 is 1.78 bits per heavy atom. The van der Waals surface area contributed by atoms with Crippen molar-refractivity contribution in [1.82, 2.24) is 4.90 Å². The topological polar surface area (TPSA) is 45.2 Å². The van der Waals surface area contributed by atoms with Gasteiger partial charge in [0.05, 0.1) is 7.11 Å². The fraction of sp³-hybridized carbons (Fsp3) is 0.419. The molecular weight excluding hydrogens is 448 g/mol. The van der Waals surface area contributed by atoms with E-state index in [9.17, 15) is 5.11 Å². The molecule has 5 heteroatoms. The van der Waals surface area contributed by atoms with E-state index in [1.165, 1.54) is 47.5 Å². The zero-order valence-electron chi connectivity index (χ0n) is 21.6. The standard InChI is InChI=1S/C31H38N2O3/c1-3-33(22-23-5-11-28(12-6-23)36-18-17-32-15-4-16-32)31-21-29(35-2)13-14-30(31)26-8-7-25-20-27(34)10-9-24(25)19-26/h5-6,9-14,20-21,26,34H,3-4,7-8,15-19,22H2,1-2H3/t26-/m1/s1. The van der Waals surface area contributed by atoms with Crippen LogP contribution in [0.3, 0.4) is 0 Å². The number of phenols is 1. The number of benzene rings is 3. The number of aromatic hydroxyl groups is 1. The minimum absolute atomic E-state index is 0.363. The van der Waals surface area contributed by atoms with Gasteiger partial charge in [0.25, 0.3) is 0 Å². The second-order valence-electron chi connectivity index (χ2n) is 10.0. The third-order valence-corrected chi connectivity index (χ3v) is 7.74. The normalized spacial score (nSPS) is 17.2. The number of hydrogen-bond acceptors (Lipinski definition) is 5. The van der Waals surface area contributed by atoms with Crippen molar-refractivity contribution in [2.45, 2.75) is 45.1 Å². The monoisotopic (exact) mass is 486 g/mol. The van der Waals surface area contributed by atoms with Crippen molar-refractivity contribution >= 4 is 5.69 Å². The highest BCUT2D eigenvalue weighted by Crippen LogP contribution is 2.40. The summed E-state index contributed by atoms with van der Waals surface area (Å²) in [6.07, 6.45) is 4.38. The van der Waals surface area contributed by atoms with E-state index in [1.54, 1.807) is 7.11 Å². The second kappa shape index (κ2) is 11.3. The highest BCUT2D eigenvalue weighted by molar-refractivity contribution is 5.60. The van der Waals surface area contributed by atoms with Crippen molar-refractivity contribution in [1.29, 1.82) is 0 Å². The van der Waals surface area contributed by atoms with E-state index < -0.39 is 0 Å². The minimum Gasteiger partial charge on any atom is -0.508 e. The molecule has 36 heavy (non-hydrogen) atoms. The number of anilines is 1. The molecule has 1 N–H and O–H groups in total. The molecule has 0 saturated carbocycles. The molecule has 0 bridgehead atoms. The first-order valence-corrected chi connectivity index (χ1v) is 13.3. The predicted octanol–water partition coefficient (Wildman–Crippen LogP) is 5.78. The van der Waals surface area contributed by atoms with E-state index in [4.69, 9.17) is 9.47 Å². The van der Waals surface area contributed by atoms with Crippen LogP contribution in [0.5, 0.6) is 17.2 Å². The maximum atomic E-state index is 9.88. The van der Waals surface area contributed by atoms with Gasteiger partial charge in [-0.25, -0.2) is 0 Å². The van der Waals surface area contributed by atoms with E-state index in [-0.39, 0.29) is 0 Å². The molecule has 2 aliphatic rings. The summed E-state index contributed by atoms with van der Waals surface area (Å²) in [6.45, 7) is 8.13. The number of fused-ring (bicyclic) bond motifs is 1. The first-order chi connectivity index (χ1) is 17.6. The highest BCUT2D eigenvalue weighted by Gasteiger charge is 2.24. The van der Waals surface area contributed by atoms with Crippen LogP contribution in [0.1, 0.15) is 47.9 Å². The summed E-state index contributed by atoms with van der Waals surface area (Å²) in [7, 11) is 1.74. The zero-order chi connectivity index (χ0) is 24.9. The number of hydrogen-bond donors (Lipinski definition) is 1. The Labute approximate surface area is 215 Å². The van der Waals surface area contributed by atoms with Crippen LogP contribution >= 0.6 is 0 Å². The van der Waals surface area contributed by atoms with Crippen LogP contribution in [0.25, 0.3) is 0 Å². The van der Waals surface area contributed by atoms with Gasteiger partial charge in [0.2, 0.25) is 0 Å². The Bertz CT molecular complexity index is 1160. The SMILES string of the molecule is CCN(Cc1ccc(OCCN2CCC2)cc1)c1cc(OC)ccc1[C@@H]1CCc2cc(O)ccc2C1. The van der Waals surface area contributed by atoms with Crippen LogP contribution in [0, 0.1) is 0 Å². The first kappa shape index (κ1) is 24.5. The quantitative estimate of drug-likeness (QED) is 0.393. The summed E-state index contributed by atoms with van der Waals surface area (Å²) < 4.78 is 11.6. The van der Waals surface area contributed by atoms with Crippen molar-refractivity contribution in [2.75, 3.05) is 44.8 Å². The van der Waals surface area contributed by atoms with E-state index >= 15 is 0 Å². The second-order valence-corrected chi connectivity index (χ2v) is 10.0. The third-order valence-electron chi connectivity index (χ3n) is 7.74. The van der Waals surface area contributed by atoms with E-state index in [1.807, 2.05) is 12.1 Å². The number of nitrogens with zero attached hydrogens (tertiary/aromatic N) is 2. The van der Waals surface area contributed by atoms with Crippen LogP contribution in [-0.4, -0.2) is 49.9 Å². The zero-order valence-corrected chi connectivity index (χ0v) is 21.6. The Morgan fingerprint density at radius 3 is 2.50 bits per heavy atom. The molecule has 3 aromatic rings. The number of rotatable bonds is 10. The van der Waals surface area contributed by atoms with Gasteiger partial charge in [-0.2, -0.15) is 0 Å². The maximum Gasteiger partial charge on any atom is 0.120 e. The molecule has 1 aliphatic heterocycles. The number of likely N-dealkylation sites (tertiary alicyclic amines) is 1. The summed E-state index contributed by atoms with van der Waals surface area (Å²) in [5.41, 5.74) is 6.52. The van der Waals surface area contributed by atoms with Crippen LogP contribution < -0.4 is 14.4 Å². The first-order valence-electron chi connectivity index (χ1n) is 13.3. The molecule has 3 aromatic carbocycles. The number of ether oxygens (including phenoxy) is 2. The molecule has 0 radical (unpaired) electrons. The number of aryl methyl sites for hydroxylation is 1. The summed E-state index contributed by atoms with van der Waals surface area (Å²) in [5, 5.41) is 9.88. The highest BCUT2D eigenvalue weighted by atomic mass is 16.5. The molecule has 5 rings (SSSR count). The van der Waals surface area contributed by atoms with Crippen LogP contribution in [0.15, 0.2) is 60.7 Å². The molecule has 1 aliphatic carbocycles. The molecule has 0 aromatic heterocycles. The lowest BCUT2D eigenvalue weighted by Gasteiger charge is -2.32. The lowest BCUT2D eigenvalue weighted by Crippen LogP contribution is -2.39. The fourth-order valence-electron chi connectivity index (χ4n) is 5.45. The molecule has 0 amide bonds. The fourth-order valence-corrected chi connectivity index (χ4v) is 5.45. The van der Waals surface area contributed by atoms with Gasteiger partial charge in [0.1, 0.15) is 23.9 Å².